The van der Waals surface area contributed by atoms with Crippen LogP contribution in [0.3, 0.4) is 0 Å². The molecule has 1 saturated heterocycles. The first-order valence-electron chi connectivity index (χ1n) is 6.18. The van der Waals surface area contributed by atoms with Crippen LogP contribution in [0.15, 0.2) is 18.2 Å². The van der Waals surface area contributed by atoms with Crippen LogP contribution in [0.25, 0.3) is 0 Å². The molecule has 104 valence electrons. The first-order chi connectivity index (χ1) is 8.98. The van der Waals surface area contributed by atoms with Crippen LogP contribution in [-0.4, -0.2) is 37.0 Å². The Balaban J connectivity index is 2.49. The first-order valence-corrected chi connectivity index (χ1v) is 6.18. The van der Waals surface area contributed by atoms with Crippen LogP contribution in [0.5, 0.6) is 0 Å². The summed E-state index contributed by atoms with van der Waals surface area (Å²) in [6, 6.07) is 3.82. The summed E-state index contributed by atoms with van der Waals surface area (Å²) in [5.74, 6) is -2.67. The molecule has 1 amide bonds. The number of amides is 1. The maximum atomic E-state index is 14.0. The number of rotatable bonds is 3. The zero-order chi connectivity index (χ0) is 14.0. The molecular weight excluding hydrogens is 252 g/mol. The molecule has 19 heavy (non-hydrogen) atoms. The summed E-state index contributed by atoms with van der Waals surface area (Å²) < 4.78 is 27.4. The van der Waals surface area contributed by atoms with Crippen molar-refractivity contribution < 1.29 is 13.6 Å². The number of carbonyl (C=O) groups is 1. The maximum Gasteiger partial charge on any atom is 0.242 e. The average Bonchev–Trinajstić information content (AvgIpc) is 2.42. The van der Waals surface area contributed by atoms with Crippen molar-refractivity contribution in [2.24, 2.45) is 5.73 Å². The van der Waals surface area contributed by atoms with E-state index in [1.807, 2.05) is 0 Å². The Morgan fingerprint density at radius 1 is 1.37 bits per heavy atom. The van der Waals surface area contributed by atoms with Gasteiger partial charge in [0.1, 0.15) is 5.54 Å². The van der Waals surface area contributed by atoms with E-state index < -0.39 is 23.1 Å². The smallest absolute Gasteiger partial charge is 0.242 e. The van der Waals surface area contributed by atoms with E-state index in [0.717, 1.165) is 6.07 Å². The Labute approximate surface area is 110 Å². The van der Waals surface area contributed by atoms with Gasteiger partial charge in [-0.05, 0) is 13.0 Å². The lowest BCUT2D eigenvalue weighted by Gasteiger charge is -2.41. The molecule has 0 bridgehead atoms. The van der Waals surface area contributed by atoms with Crippen LogP contribution in [0.4, 0.5) is 8.78 Å². The molecule has 1 atom stereocenters. The van der Waals surface area contributed by atoms with E-state index in [9.17, 15) is 13.6 Å². The van der Waals surface area contributed by atoms with Gasteiger partial charge in [-0.25, -0.2) is 8.78 Å². The number of nitrogens with two attached hydrogens (primary N) is 1. The van der Waals surface area contributed by atoms with Crippen LogP contribution in [0, 0.1) is 11.6 Å². The molecule has 0 radical (unpaired) electrons. The molecule has 0 saturated carbocycles. The zero-order valence-electron chi connectivity index (χ0n) is 10.7. The second-order valence-electron chi connectivity index (χ2n) is 4.77. The normalized spacial score (nSPS) is 19.9. The quantitative estimate of drug-likeness (QED) is 0.843. The third-order valence-corrected chi connectivity index (χ3v) is 3.71. The highest BCUT2D eigenvalue weighted by Gasteiger charge is 2.42. The van der Waals surface area contributed by atoms with Crippen LogP contribution in [0.2, 0.25) is 0 Å². The SMILES string of the molecule is CC(C(N)=O)(c1cccc(F)c1F)N1CCNCC1. The maximum absolute atomic E-state index is 14.0. The molecule has 1 unspecified atom stereocenters. The molecule has 0 aromatic heterocycles. The number of halogens is 2. The van der Waals surface area contributed by atoms with Gasteiger partial charge in [-0.15, -0.1) is 0 Å². The van der Waals surface area contributed by atoms with Crippen LogP contribution >= 0.6 is 0 Å². The first kappa shape index (κ1) is 13.9. The van der Waals surface area contributed by atoms with Gasteiger partial charge in [-0.2, -0.15) is 0 Å². The summed E-state index contributed by atoms with van der Waals surface area (Å²) in [6.45, 7) is 4.00. The van der Waals surface area contributed by atoms with Gasteiger partial charge in [-0.3, -0.25) is 9.69 Å². The third-order valence-electron chi connectivity index (χ3n) is 3.71. The molecule has 1 aliphatic heterocycles. The van der Waals surface area contributed by atoms with E-state index >= 15 is 0 Å². The number of primary amides is 1. The fourth-order valence-corrected chi connectivity index (χ4v) is 2.45. The minimum atomic E-state index is -1.34. The average molecular weight is 269 g/mol. The molecule has 1 aliphatic rings. The predicted molar refractivity (Wildman–Crippen MR) is 67.3 cm³/mol. The molecule has 3 N–H and O–H groups in total. The van der Waals surface area contributed by atoms with Crippen molar-refractivity contribution in [1.82, 2.24) is 10.2 Å². The summed E-state index contributed by atoms with van der Waals surface area (Å²) >= 11 is 0. The lowest BCUT2D eigenvalue weighted by molar-refractivity contribution is -0.130. The molecule has 0 spiro atoms. The molecule has 1 fully saturated rings. The fraction of sp³-hybridized carbons (Fsp3) is 0.462. The van der Waals surface area contributed by atoms with E-state index in [1.54, 1.807) is 11.8 Å². The highest BCUT2D eigenvalue weighted by Crippen LogP contribution is 2.31. The van der Waals surface area contributed by atoms with Crippen molar-refractivity contribution in [2.75, 3.05) is 26.2 Å². The summed E-state index contributed by atoms with van der Waals surface area (Å²) in [5.41, 5.74) is 4.11. The van der Waals surface area contributed by atoms with Gasteiger partial charge < -0.3 is 11.1 Å². The number of benzene rings is 1. The number of hydrogen-bond donors (Lipinski definition) is 2. The third kappa shape index (κ3) is 2.33. The van der Waals surface area contributed by atoms with Crippen molar-refractivity contribution in [3.05, 3.63) is 35.4 Å². The summed E-state index contributed by atoms with van der Waals surface area (Å²) in [5, 5.41) is 3.14. The van der Waals surface area contributed by atoms with Gasteiger partial charge in [0, 0.05) is 31.7 Å². The Kier molecular flexibility index (Phi) is 3.82. The molecule has 0 aliphatic carbocycles. The Morgan fingerprint density at radius 3 is 2.58 bits per heavy atom. The van der Waals surface area contributed by atoms with Crippen molar-refractivity contribution in [3.63, 3.8) is 0 Å². The zero-order valence-corrected chi connectivity index (χ0v) is 10.7. The van der Waals surface area contributed by atoms with Gasteiger partial charge >= 0.3 is 0 Å². The number of piperazine rings is 1. The Bertz CT molecular complexity index is 489. The number of hydrogen-bond acceptors (Lipinski definition) is 3. The van der Waals surface area contributed by atoms with Crippen molar-refractivity contribution in [1.29, 1.82) is 0 Å². The second kappa shape index (κ2) is 5.22. The van der Waals surface area contributed by atoms with E-state index in [4.69, 9.17) is 5.73 Å². The monoisotopic (exact) mass is 269 g/mol. The molecule has 6 heteroatoms. The van der Waals surface area contributed by atoms with Gasteiger partial charge in [0.25, 0.3) is 0 Å². The van der Waals surface area contributed by atoms with Crippen molar-refractivity contribution in [2.45, 2.75) is 12.5 Å². The fourth-order valence-electron chi connectivity index (χ4n) is 2.45. The van der Waals surface area contributed by atoms with Crippen LogP contribution in [0.1, 0.15) is 12.5 Å². The molecule has 1 aromatic rings. The topological polar surface area (TPSA) is 58.4 Å². The number of nitrogens with zero attached hydrogens (tertiary/aromatic N) is 1. The highest BCUT2D eigenvalue weighted by molar-refractivity contribution is 5.85. The molecule has 4 nitrogen and oxygen atoms in total. The van der Waals surface area contributed by atoms with Crippen molar-refractivity contribution in [3.8, 4) is 0 Å². The van der Waals surface area contributed by atoms with E-state index in [2.05, 4.69) is 5.32 Å². The summed E-state index contributed by atoms with van der Waals surface area (Å²) in [7, 11) is 0. The molecule has 1 heterocycles. The molecule has 1 aromatic carbocycles. The van der Waals surface area contributed by atoms with Crippen LogP contribution in [-0.2, 0) is 10.3 Å². The second-order valence-corrected chi connectivity index (χ2v) is 4.77. The lowest BCUT2D eigenvalue weighted by Crippen LogP contribution is -2.59. The number of carbonyl (C=O) groups excluding carboxylic acids is 1. The lowest BCUT2D eigenvalue weighted by atomic mass is 9.88. The van der Waals surface area contributed by atoms with Crippen molar-refractivity contribution >= 4 is 5.91 Å². The minimum Gasteiger partial charge on any atom is -0.368 e. The van der Waals surface area contributed by atoms with Gasteiger partial charge in [-0.1, -0.05) is 12.1 Å². The van der Waals surface area contributed by atoms with E-state index in [-0.39, 0.29) is 5.56 Å². The van der Waals surface area contributed by atoms with Gasteiger partial charge in [0.15, 0.2) is 11.6 Å². The standard InChI is InChI=1S/C13H17F2N3O/c1-13(12(16)19,18-7-5-17-6-8-18)9-3-2-4-10(14)11(9)15/h2-4,17H,5-8H2,1H3,(H2,16,19). The van der Waals surface area contributed by atoms with Crippen LogP contribution < -0.4 is 11.1 Å². The number of nitrogens with one attached hydrogen (secondary N) is 1. The van der Waals surface area contributed by atoms with Gasteiger partial charge in [0.2, 0.25) is 5.91 Å². The highest BCUT2D eigenvalue weighted by atomic mass is 19.2. The summed E-state index contributed by atoms with van der Waals surface area (Å²) in [4.78, 5) is 13.6. The largest absolute Gasteiger partial charge is 0.368 e. The van der Waals surface area contributed by atoms with E-state index in [0.29, 0.717) is 26.2 Å². The van der Waals surface area contributed by atoms with E-state index in [1.165, 1.54) is 12.1 Å². The molecular formula is C13H17F2N3O. The predicted octanol–water partition coefficient (Wildman–Crippen LogP) is 0.571. The Morgan fingerprint density at radius 2 is 2.00 bits per heavy atom. The molecule has 2 rings (SSSR count). The summed E-state index contributed by atoms with van der Waals surface area (Å²) in [6.07, 6.45) is 0. The minimum absolute atomic E-state index is 0.0121. The Hall–Kier alpha value is -1.53. The van der Waals surface area contributed by atoms with Gasteiger partial charge in [0.05, 0.1) is 0 Å².